The highest BCUT2D eigenvalue weighted by Crippen LogP contribution is 1.99. The van der Waals surface area contributed by atoms with Gasteiger partial charge in [0, 0.05) is 6.42 Å². The van der Waals surface area contributed by atoms with Crippen LogP contribution in [0.3, 0.4) is 0 Å². The van der Waals surface area contributed by atoms with Crippen LogP contribution in [0, 0.1) is 0 Å². The first kappa shape index (κ1) is 8.45. The molecule has 64 valence electrons. The summed E-state index contributed by atoms with van der Waals surface area (Å²) in [4.78, 5) is 14.8. The fourth-order valence-electron chi connectivity index (χ4n) is 0.774. The lowest BCUT2D eigenvalue weighted by atomic mass is 10.3. The van der Waals surface area contributed by atoms with E-state index in [2.05, 4.69) is 16.7 Å². The van der Waals surface area contributed by atoms with Crippen LogP contribution in [-0.4, -0.2) is 20.7 Å². The predicted octanol–water partition coefficient (Wildman–Crippen LogP) is 0.467. The number of nitrogens with two attached hydrogens (primary N) is 1. The fraction of sp³-hybridized carbons (Fsp3) is 0.286. The van der Waals surface area contributed by atoms with Crippen LogP contribution in [0.4, 0.5) is 5.95 Å². The van der Waals surface area contributed by atoms with Gasteiger partial charge in [-0.3, -0.25) is 4.79 Å². The molecule has 1 aromatic rings. The van der Waals surface area contributed by atoms with Gasteiger partial charge in [-0.1, -0.05) is 6.08 Å². The smallest absolute Gasteiger partial charge is 0.250 e. The maximum absolute atomic E-state index is 11.2. The summed E-state index contributed by atoms with van der Waals surface area (Å²) in [6, 6.07) is 0. The first-order valence-corrected chi connectivity index (χ1v) is 3.55. The van der Waals surface area contributed by atoms with Gasteiger partial charge in [0.05, 0.1) is 0 Å². The molecule has 0 aliphatic carbocycles. The van der Waals surface area contributed by atoms with Gasteiger partial charge in [-0.25, -0.2) is 0 Å². The zero-order valence-corrected chi connectivity index (χ0v) is 6.60. The van der Waals surface area contributed by atoms with E-state index < -0.39 is 0 Å². The van der Waals surface area contributed by atoms with Gasteiger partial charge < -0.3 is 5.73 Å². The standard InChI is InChI=1S/C7H10N4O/c1-2-3-4-6(12)11-7(8)9-5-10-11/h2,5H,1,3-4H2,(H2,8,9,10). The summed E-state index contributed by atoms with van der Waals surface area (Å²) in [6.07, 6.45) is 3.90. The van der Waals surface area contributed by atoms with Gasteiger partial charge in [0.15, 0.2) is 0 Å². The number of hydrogen-bond acceptors (Lipinski definition) is 4. The molecule has 0 spiro atoms. The number of rotatable bonds is 3. The molecule has 0 saturated heterocycles. The molecule has 0 bridgehead atoms. The number of aromatic nitrogens is 3. The number of carbonyl (C=O) groups is 1. The van der Waals surface area contributed by atoms with Gasteiger partial charge in [0.1, 0.15) is 6.33 Å². The summed E-state index contributed by atoms with van der Waals surface area (Å²) >= 11 is 0. The van der Waals surface area contributed by atoms with Gasteiger partial charge in [0.25, 0.3) is 0 Å². The molecule has 5 nitrogen and oxygen atoms in total. The van der Waals surface area contributed by atoms with Crippen LogP contribution in [0.2, 0.25) is 0 Å². The largest absolute Gasteiger partial charge is 0.368 e. The molecule has 1 heterocycles. The van der Waals surface area contributed by atoms with E-state index >= 15 is 0 Å². The lowest BCUT2D eigenvalue weighted by Crippen LogP contribution is -2.14. The zero-order valence-electron chi connectivity index (χ0n) is 6.60. The molecule has 2 N–H and O–H groups in total. The van der Waals surface area contributed by atoms with Crippen molar-refractivity contribution in [3.05, 3.63) is 19.0 Å². The number of anilines is 1. The van der Waals surface area contributed by atoms with Gasteiger partial charge in [-0.05, 0) is 6.42 Å². The Balaban J connectivity index is 2.65. The normalized spacial score (nSPS) is 9.67. The topological polar surface area (TPSA) is 73.8 Å². The molecule has 0 amide bonds. The Morgan fingerprint density at radius 1 is 1.83 bits per heavy atom. The van der Waals surface area contributed by atoms with Crippen molar-refractivity contribution in [1.82, 2.24) is 14.8 Å². The number of carbonyl (C=O) groups excluding carboxylic acids is 1. The molecule has 0 aromatic carbocycles. The molecule has 0 saturated carbocycles. The maximum atomic E-state index is 11.2. The van der Waals surface area contributed by atoms with Crippen LogP contribution in [-0.2, 0) is 0 Å². The Kier molecular flexibility index (Phi) is 2.57. The summed E-state index contributed by atoms with van der Waals surface area (Å²) in [5, 5.41) is 3.67. The van der Waals surface area contributed by atoms with Gasteiger partial charge >= 0.3 is 0 Å². The number of nitrogen functional groups attached to an aromatic ring is 1. The minimum absolute atomic E-state index is 0.129. The van der Waals surface area contributed by atoms with Gasteiger partial charge in [0.2, 0.25) is 11.9 Å². The van der Waals surface area contributed by atoms with E-state index in [1.165, 1.54) is 6.33 Å². The molecule has 0 aliphatic rings. The third-order valence-electron chi connectivity index (χ3n) is 1.37. The highest BCUT2D eigenvalue weighted by Gasteiger charge is 2.07. The number of allylic oxidation sites excluding steroid dienone is 1. The first-order valence-electron chi connectivity index (χ1n) is 3.55. The minimum atomic E-state index is -0.162. The van der Waals surface area contributed by atoms with E-state index in [0.717, 1.165) is 4.68 Å². The van der Waals surface area contributed by atoms with E-state index in [4.69, 9.17) is 5.73 Å². The SMILES string of the molecule is C=CCCC(=O)n1ncnc1N. The third-order valence-corrected chi connectivity index (χ3v) is 1.37. The second-order valence-electron chi connectivity index (χ2n) is 2.25. The minimum Gasteiger partial charge on any atom is -0.368 e. The molecule has 0 unspecified atom stereocenters. The summed E-state index contributed by atoms with van der Waals surface area (Å²) in [5.41, 5.74) is 5.36. The third kappa shape index (κ3) is 1.69. The van der Waals surface area contributed by atoms with E-state index in [0.29, 0.717) is 12.8 Å². The van der Waals surface area contributed by atoms with Crippen LogP contribution < -0.4 is 5.73 Å². The van der Waals surface area contributed by atoms with Crippen LogP contribution >= 0.6 is 0 Å². The Morgan fingerprint density at radius 2 is 2.58 bits per heavy atom. The first-order chi connectivity index (χ1) is 5.75. The molecule has 5 heteroatoms. The van der Waals surface area contributed by atoms with Gasteiger partial charge in [-0.15, -0.1) is 6.58 Å². The molecule has 1 rings (SSSR count). The maximum Gasteiger partial charge on any atom is 0.250 e. The highest BCUT2D eigenvalue weighted by atomic mass is 16.2. The van der Waals surface area contributed by atoms with Gasteiger partial charge in [-0.2, -0.15) is 14.8 Å². The molecular weight excluding hydrogens is 156 g/mol. The number of hydrogen-bond donors (Lipinski definition) is 1. The van der Waals surface area contributed by atoms with Crippen molar-refractivity contribution in [3.63, 3.8) is 0 Å². The van der Waals surface area contributed by atoms with Crippen molar-refractivity contribution in [1.29, 1.82) is 0 Å². The molecule has 1 aromatic heterocycles. The Morgan fingerprint density at radius 3 is 3.08 bits per heavy atom. The predicted molar refractivity (Wildman–Crippen MR) is 44.5 cm³/mol. The summed E-state index contributed by atoms with van der Waals surface area (Å²) in [7, 11) is 0. The second-order valence-corrected chi connectivity index (χ2v) is 2.25. The highest BCUT2D eigenvalue weighted by molar-refractivity contribution is 5.80. The lowest BCUT2D eigenvalue weighted by molar-refractivity contribution is 0.0891. The quantitative estimate of drug-likeness (QED) is 0.662. The average Bonchev–Trinajstić information content (AvgIpc) is 2.47. The van der Waals surface area contributed by atoms with Crippen LogP contribution in [0.15, 0.2) is 19.0 Å². The van der Waals surface area contributed by atoms with Crippen LogP contribution in [0.1, 0.15) is 17.6 Å². The van der Waals surface area contributed by atoms with E-state index in [9.17, 15) is 4.79 Å². The van der Waals surface area contributed by atoms with Crippen molar-refractivity contribution in [3.8, 4) is 0 Å². The second kappa shape index (κ2) is 3.66. The summed E-state index contributed by atoms with van der Waals surface area (Å²) in [6.45, 7) is 3.51. The fourth-order valence-corrected chi connectivity index (χ4v) is 0.774. The average molecular weight is 166 g/mol. The van der Waals surface area contributed by atoms with E-state index in [1.807, 2.05) is 0 Å². The Labute approximate surface area is 69.9 Å². The molecule has 0 radical (unpaired) electrons. The molecule has 0 fully saturated rings. The van der Waals surface area contributed by atoms with Crippen molar-refractivity contribution < 1.29 is 4.79 Å². The van der Waals surface area contributed by atoms with Crippen molar-refractivity contribution in [2.45, 2.75) is 12.8 Å². The summed E-state index contributed by atoms with van der Waals surface area (Å²) < 4.78 is 1.09. The molecule has 0 atom stereocenters. The Hall–Kier alpha value is -1.65. The molecule has 12 heavy (non-hydrogen) atoms. The monoisotopic (exact) mass is 166 g/mol. The van der Waals surface area contributed by atoms with Crippen LogP contribution in [0.25, 0.3) is 0 Å². The summed E-state index contributed by atoms with van der Waals surface area (Å²) in [5.74, 6) is -0.0334. The Bertz CT molecular complexity index is 291. The van der Waals surface area contributed by atoms with Crippen LogP contribution in [0.5, 0.6) is 0 Å². The number of nitrogens with zero attached hydrogens (tertiary/aromatic N) is 3. The van der Waals surface area contributed by atoms with Crippen molar-refractivity contribution in [2.24, 2.45) is 0 Å². The van der Waals surface area contributed by atoms with E-state index in [1.54, 1.807) is 6.08 Å². The molecule has 0 aliphatic heterocycles. The lowest BCUT2D eigenvalue weighted by Gasteiger charge is -1.97. The van der Waals surface area contributed by atoms with Crippen molar-refractivity contribution >= 4 is 11.9 Å². The van der Waals surface area contributed by atoms with Crippen molar-refractivity contribution in [2.75, 3.05) is 5.73 Å². The molecular formula is C7H10N4O. The zero-order chi connectivity index (χ0) is 8.97. The van der Waals surface area contributed by atoms with E-state index in [-0.39, 0.29) is 11.9 Å².